The monoisotopic (exact) mass is 1040 g/mol. The molecule has 0 atom stereocenters. The van der Waals surface area contributed by atoms with Crippen molar-refractivity contribution in [2.24, 2.45) is 0 Å². The van der Waals surface area contributed by atoms with Gasteiger partial charge in [-0.2, -0.15) is 0 Å². The average Bonchev–Trinajstić information content (AvgIpc) is 3.97. The van der Waals surface area contributed by atoms with Crippen molar-refractivity contribution in [3.63, 3.8) is 0 Å². The Hall–Kier alpha value is -9.55. The molecule has 80 heavy (non-hydrogen) atoms. The minimum atomic E-state index is -2.91. The number of hydrogen-bond donors (Lipinski definition) is 0. The summed E-state index contributed by atoms with van der Waals surface area (Å²) >= 11 is 0. The lowest BCUT2D eigenvalue weighted by Gasteiger charge is -2.34. The molecule has 2 heterocycles. The highest BCUT2D eigenvalue weighted by Crippen LogP contribution is 2.43. The minimum absolute atomic E-state index is 0.601. The largest absolute Gasteiger partial charge is 0.309 e. The summed E-state index contributed by atoms with van der Waals surface area (Å²) in [6.07, 6.45) is 0. The van der Waals surface area contributed by atoms with E-state index in [1.807, 2.05) is 36.4 Å². The predicted molar refractivity (Wildman–Crippen MR) is 339 cm³/mol. The van der Waals surface area contributed by atoms with Crippen molar-refractivity contribution in [3.8, 4) is 73.2 Å². The van der Waals surface area contributed by atoms with E-state index in [9.17, 15) is 0 Å². The average molecular weight is 1050 g/mol. The first-order valence-corrected chi connectivity index (χ1v) is 29.7. The topological polar surface area (TPSA) is 43.6 Å². The van der Waals surface area contributed by atoms with Gasteiger partial charge in [0.25, 0.3) is 0 Å². The Morgan fingerprint density at radius 1 is 0.287 bits per heavy atom. The zero-order valence-corrected chi connectivity index (χ0v) is 47.0. The zero-order valence-electron chi connectivity index (χ0n) is 46.0. The fraction of sp³-hybridized carbons (Fsp3) is 0.0800. The molecule has 0 radical (unpaired) electrons. The lowest BCUT2D eigenvalue weighted by molar-refractivity contribution is 1.07. The molecule has 13 aromatic rings. The van der Waals surface area contributed by atoms with Crippen LogP contribution in [0.2, 0.25) is 0 Å². The van der Waals surface area contributed by atoms with Crippen LogP contribution in [0.25, 0.3) is 95.0 Å². The number of rotatable bonds is 11. The van der Waals surface area contributed by atoms with Crippen LogP contribution >= 0.6 is 0 Å². The Morgan fingerprint density at radius 2 is 0.650 bits per heavy atom. The third kappa shape index (κ3) is 8.86. The quantitative estimate of drug-likeness (QED) is 0.0958. The van der Waals surface area contributed by atoms with E-state index >= 15 is 0 Å². The number of hydrogen-bond acceptors (Lipinski definition) is 3. The van der Waals surface area contributed by atoms with Crippen LogP contribution in [0.5, 0.6) is 0 Å². The van der Waals surface area contributed by atoms with Gasteiger partial charge in [0.2, 0.25) is 0 Å². The molecule has 384 valence electrons. The van der Waals surface area contributed by atoms with Crippen LogP contribution in [0, 0.1) is 41.5 Å². The van der Waals surface area contributed by atoms with E-state index in [2.05, 4.69) is 264 Å². The Bertz CT molecular complexity index is 4140. The summed E-state index contributed by atoms with van der Waals surface area (Å²) in [6.45, 7) is 13.4. The zero-order chi connectivity index (χ0) is 54.5. The maximum atomic E-state index is 5.31. The molecule has 5 heteroatoms. The third-order valence-corrected chi connectivity index (χ3v) is 20.9. The van der Waals surface area contributed by atoms with Crippen LogP contribution in [0.4, 0.5) is 0 Å². The van der Waals surface area contributed by atoms with Crippen molar-refractivity contribution in [2.45, 2.75) is 41.5 Å². The van der Waals surface area contributed by atoms with Crippen LogP contribution in [0.3, 0.4) is 0 Å². The molecule has 4 nitrogen and oxygen atoms in total. The summed E-state index contributed by atoms with van der Waals surface area (Å²) in [5.41, 5.74) is 20.8. The Morgan fingerprint density at radius 3 is 1.07 bits per heavy atom. The second-order valence-electron chi connectivity index (χ2n) is 21.5. The van der Waals surface area contributed by atoms with E-state index in [1.54, 1.807) is 0 Å². The van der Waals surface area contributed by atoms with Gasteiger partial charge in [-0.1, -0.05) is 236 Å². The van der Waals surface area contributed by atoms with Crippen molar-refractivity contribution in [1.29, 1.82) is 0 Å². The second kappa shape index (κ2) is 20.7. The second-order valence-corrected chi connectivity index (χ2v) is 25.4. The van der Waals surface area contributed by atoms with Gasteiger partial charge in [0.05, 0.1) is 16.7 Å². The van der Waals surface area contributed by atoms with Crippen molar-refractivity contribution >= 4 is 50.6 Å². The van der Waals surface area contributed by atoms with Crippen LogP contribution in [-0.2, 0) is 0 Å². The lowest BCUT2D eigenvalue weighted by Crippen LogP contribution is -2.74. The van der Waals surface area contributed by atoms with Gasteiger partial charge < -0.3 is 4.57 Å². The van der Waals surface area contributed by atoms with E-state index in [0.29, 0.717) is 17.5 Å². The molecule has 0 unspecified atom stereocenters. The number of nitrogens with zero attached hydrogens (tertiary/aromatic N) is 4. The van der Waals surface area contributed by atoms with Crippen molar-refractivity contribution in [2.75, 3.05) is 0 Å². The summed E-state index contributed by atoms with van der Waals surface area (Å²) in [4.78, 5) is 15.7. The summed E-state index contributed by atoms with van der Waals surface area (Å²) in [5, 5.41) is 7.66. The van der Waals surface area contributed by atoms with Gasteiger partial charge in [-0.25, -0.2) is 15.0 Å². The number of aryl methyl sites for hydroxylation is 6. The molecular weight excluding hydrogens is 985 g/mol. The Balaban J connectivity index is 1.12. The predicted octanol–water partition coefficient (Wildman–Crippen LogP) is 16.2. The number of benzene rings is 11. The summed E-state index contributed by atoms with van der Waals surface area (Å²) in [7, 11) is -2.91. The highest BCUT2D eigenvalue weighted by Gasteiger charge is 2.41. The van der Waals surface area contributed by atoms with E-state index in [1.165, 1.54) is 87.2 Å². The smallest absolute Gasteiger partial charge is 0.179 e. The fourth-order valence-corrected chi connectivity index (χ4v) is 17.7. The van der Waals surface area contributed by atoms with Crippen molar-refractivity contribution < 1.29 is 0 Å². The summed E-state index contributed by atoms with van der Waals surface area (Å²) in [6, 6.07) is 93.7. The molecule has 0 aliphatic rings. The molecule has 13 rings (SSSR count). The first kappa shape index (κ1) is 50.0. The number of fused-ring (bicyclic) bond motifs is 3. The molecule has 0 bridgehead atoms. The Labute approximate surface area is 470 Å². The molecule has 0 spiro atoms. The maximum Gasteiger partial charge on any atom is 0.179 e. The number of aromatic nitrogens is 4. The first-order chi connectivity index (χ1) is 39.1. The summed E-state index contributed by atoms with van der Waals surface area (Å²) < 4.78 is 2.50. The van der Waals surface area contributed by atoms with Gasteiger partial charge in [-0.15, -0.1) is 0 Å². The summed E-state index contributed by atoms with van der Waals surface area (Å²) in [5.74, 6) is 1.85. The van der Waals surface area contributed by atoms with Gasteiger partial charge in [-0.05, 0) is 143 Å². The molecule has 11 aromatic carbocycles. The Kier molecular flexibility index (Phi) is 12.9. The molecule has 0 amide bonds. The highest BCUT2D eigenvalue weighted by atomic mass is 28.3. The molecule has 0 fully saturated rings. The molecular formula is C75H60N4Si. The SMILES string of the molecule is Cc1cc(C)c(-c2ccc3c(c2)c2cc(-c4c(C)cc(C)cc4C)ccc2n3-c2cc(-c3nc(-c4ccccc4)nc(-c4ccccc4)n3)ccc2-c2cccc([Si](c3ccccc3)(c3ccccc3)c3ccccc3)c2)c(C)c1. The molecule has 0 aliphatic carbocycles. The molecule has 2 aromatic heterocycles. The van der Waals surface area contributed by atoms with Gasteiger partial charge in [0.1, 0.15) is 0 Å². The van der Waals surface area contributed by atoms with Gasteiger partial charge in [0.15, 0.2) is 25.5 Å². The fourth-order valence-electron chi connectivity index (χ4n) is 12.9. The molecule has 0 saturated carbocycles. The van der Waals surface area contributed by atoms with Crippen LogP contribution in [0.15, 0.2) is 255 Å². The maximum absolute atomic E-state index is 5.31. The van der Waals surface area contributed by atoms with Crippen LogP contribution in [-0.4, -0.2) is 27.6 Å². The van der Waals surface area contributed by atoms with Gasteiger partial charge in [-0.3, -0.25) is 0 Å². The van der Waals surface area contributed by atoms with Crippen LogP contribution in [0.1, 0.15) is 33.4 Å². The molecule has 0 saturated heterocycles. The van der Waals surface area contributed by atoms with E-state index in [-0.39, 0.29) is 0 Å². The van der Waals surface area contributed by atoms with E-state index in [4.69, 9.17) is 15.0 Å². The standard InChI is InChI=1S/C75H60N4Si/c1-49-41-51(3)71(52(4)42-49)58-36-39-68-66(46-58)67-47-59(72-53(5)43-50(2)44-54(72)6)37-40-69(67)79(68)70-48-60(75-77-73(55-23-12-7-13-24-55)76-74(78-75)56-25-14-8-15-26-56)35-38-65(70)57-27-22-34-64(45-57)80(61-28-16-9-17-29-61,62-30-18-10-19-31-62)63-32-20-11-21-33-63/h7-48H,1-6H3. The lowest BCUT2D eigenvalue weighted by atomic mass is 9.91. The van der Waals surface area contributed by atoms with Crippen LogP contribution < -0.4 is 20.7 Å². The normalized spacial score (nSPS) is 11.6. The van der Waals surface area contributed by atoms with Gasteiger partial charge in [0, 0.05) is 33.0 Å². The van der Waals surface area contributed by atoms with Crippen molar-refractivity contribution in [1.82, 2.24) is 19.5 Å². The third-order valence-electron chi connectivity index (χ3n) is 16.1. The molecule has 0 aliphatic heterocycles. The van der Waals surface area contributed by atoms with Gasteiger partial charge >= 0.3 is 0 Å². The first-order valence-electron chi connectivity index (χ1n) is 27.7. The van der Waals surface area contributed by atoms with Crippen molar-refractivity contribution in [3.05, 3.63) is 288 Å². The van der Waals surface area contributed by atoms with E-state index in [0.717, 1.165) is 44.5 Å². The molecule has 0 N–H and O–H groups in total. The minimum Gasteiger partial charge on any atom is -0.309 e. The van der Waals surface area contributed by atoms with E-state index < -0.39 is 8.07 Å². The highest BCUT2D eigenvalue weighted by molar-refractivity contribution is 7.19.